The highest BCUT2D eigenvalue weighted by Gasteiger charge is 2.19. The molecule has 0 bridgehead atoms. The average Bonchev–Trinajstić information content (AvgIpc) is 3.41. The summed E-state index contributed by atoms with van der Waals surface area (Å²) < 4.78 is 11.0. The first kappa shape index (κ1) is 17.7. The number of aromatic nitrogens is 2. The van der Waals surface area contributed by atoms with Crippen molar-refractivity contribution in [1.82, 2.24) is 10.2 Å². The van der Waals surface area contributed by atoms with Crippen LogP contribution in [0.15, 0.2) is 81.8 Å². The minimum absolute atomic E-state index is 0.0485. The second-order valence-corrected chi connectivity index (χ2v) is 6.33. The fraction of sp³-hybridized carbons (Fsp3) is 0.136. The van der Waals surface area contributed by atoms with Crippen LogP contribution in [0.1, 0.15) is 24.8 Å². The van der Waals surface area contributed by atoms with Crippen molar-refractivity contribution in [3.8, 4) is 23.1 Å². The Kier molecular flexibility index (Phi) is 5.01. The van der Waals surface area contributed by atoms with Crippen LogP contribution in [0.4, 0.5) is 5.69 Å². The number of carbonyl (C=O) groups excluding carboxylic acids is 1. The van der Waals surface area contributed by atoms with Gasteiger partial charge in [-0.3, -0.25) is 4.79 Å². The number of furan rings is 1. The monoisotopic (exact) mass is 373 g/mol. The lowest BCUT2D eigenvalue weighted by molar-refractivity contribution is -0.117. The molecule has 0 aliphatic rings. The Morgan fingerprint density at radius 3 is 2.57 bits per heavy atom. The van der Waals surface area contributed by atoms with Gasteiger partial charge in [-0.1, -0.05) is 43.3 Å². The lowest BCUT2D eigenvalue weighted by Gasteiger charge is -2.15. The van der Waals surface area contributed by atoms with E-state index in [0.717, 1.165) is 11.1 Å². The van der Waals surface area contributed by atoms with Gasteiger partial charge < -0.3 is 14.2 Å². The average molecular weight is 373 g/mol. The molecule has 0 aliphatic carbocycles. The van der Waals surface area contributed by atoms with E-state index < -0.39 is 0 Å². The number of benzene rings is 2. The molecule has 1 amide bonds. The molecule has 2 aromatic heterocycles. The maximum Gasteiger partial charge on any atom is 0.283 e. The summed E-state index contributed by atoms with van der Waals surface area (Å²) in [6.07, 6.45) is 2.26. The van der Waals surface area contributed by atoms with Gasteiger partial charge in [-0.25, -0.2) is 0 Å². The van der Waals surface area contributed by atoms with Gasteiger partial charge in [0, 0.05) is 11.3 Å². The minimum Gasteiger partial charge on any atom is -0.459 e. The van der Waals surface area contributed by atoms with E-state index in [0.29, 0.717) is 29.6 Å². The van der Waals surface area contributed by atoms with E-state index in [9.17, 15) is 4.79 Å². The van der Waals surface area contributed by atoms with Crippen LogP contribution in [0.3, 0.4) is 0 Å². The summed E-state index contributed by atoms with van der Waals surface area (Å²) in [5.41, 5.74) is 2.39. The van der Waals surface area contributed by atoms with Crippen molar-refractivity contribution in [3.05, 3.63) is 78.6 Å². The predicted octanol–water partition coefficient (Wildman–Crippen LogP) is 5.13. The molecule has 0 aliphatic heterocycles. The number of amides is 1. The quantitative estimate of drug-likeness (QED) is 0.507. The van der Waals surface area contributed by atoms with Crippen LogP contribution in [0, 0.1) is 0 Å². The highest BCUT2D eigenvalue weighted by molar-refractivity contribution is 5.96. The zero-order valence-corrected chi connectivity index (χ0v) is 15.3. The number of carbonyl (C=O) groups is 1. The van der Waals surface area contributed by atoms with E-state index in [-0.39, 0.29) is 11.8 Å². The van der Waals surface area contributed by atoms with Gasteiger partial charge in [-0.05, 0) is 42.3 Å². The maximum absolute atomic E-state index is 12.8. The Morgan fingerprint density at radius 1 is 1.00 bits per heavy atom. The summed E-state index contributed by atoms with van der Waals surface area (Å²) >= 11 is 0. The summed E-state index contributed by atoms with van der Waals surface area (Å²) in [7, 11) is 0. The van der Waals surface area contributed by atoms with Crippen molar-refractivity contribution in [2.24, 2.45) is 0 Å². The van der Waals surface area contributed by atoms with Crippen LogP contribution in [0.25, 0.3) is 23.1 Å². The number of nitrogens with one attached hydrogen (secondary N) is 1. The molecule has 0 radical (unpaired) electrons. The fourth-order valence-electron chi connectivity index (χ4n) is 3.06. The molecule has 2 aromatic carbocycles. The molecular weight excluding hydrogens is 354 g/mol. The molecule has 1 unspecified atom stereocenters. The fourth-order valence-corrected chi connectivity index (χ4v) is 3.06. The highest BCUT2D eigenvalue weighted by Crippen LogP contribution is 2.27. The van der Waals surface area contributed by atoms with E-state index in [4.69, 9.17) is 8.83 Å². The summed E-state index contributed by atoms with van der Waals surface area (Å²) in [6.45, 7) is 2.00. The van der Waals surface area contributed by atoms with Crippen molar-refractivity contribution >= 4 is 11.6 Å². The first-order valence-corrected chi connectivity index (χ1v) is 9.08. The van der Waals surface area contributed by atoms with E-state index in [1.54, 1.807) is 18.4 Å². The van der Waals surface area contributed by atoms with Gasteiger partial charge in [0.25, 0.3) is 5.89 Å². The standard InChI is InChI=1S/C22H19N3O3/c1-2-18(15-8-4-3-5-9-15)20(26)23-17-11-6-10-16(14-17)21-24-25-22(28-21)19-12-7-13-27-19/h3-14,18H,2H2,1H3,(H,23,26). The van der Waals surface area contributed by atoms with Crippen LogP contribution in [-0.2, 0) is 4.79 Å². The zero-order valence-electron chi connectivity index (χ0n) is 15.3. The van der Waals surface area contributed by atoms with Crippen LogP contribution in [-0.4, -0.2) is 16.1 Å². The molecule has 0 fully saturated rings. The molecular formula is C22H19N3O3. The van der Waals surface area contributed by atoms with Crippen molar-refractivity contribution in [2.75, 3.05) is 5.32 Å². The smallest absolute Gasteiger partial charge is 0.283 e. The molecule has 0 spiro atoms. The lowest BCUT2D eigenvalue weighted by atomic mass is 9.95. The number of hydrogen-bond acceptors (Lipinski definition) is 5. The molecule has 1 N–H and O–H groups in total. The zero-order chi connectivity index (χ0) is 19.3. The Morgan fingerprint density at radius 2 is 1.82 bits per heavy atom. The van der Waals surface area contributed by atoms with E-state index in [1.807, 2.05) is 61.5 Å². The molecule has 4 rings (SSSR count). The van der Waals surface area contributed by atoms with E-state index in [2.05, 4.69) is 15.5 Å². The summed E-state index contributed by atoms with van der Waals surface area (Å²) in [6, 6.07) is 20.6. The second kappa shape index (κ2) is 7.92. The van der Waals surface area contributed by atoms with Crippen molar-refractivity contribution in [1.29, 1.82) is 0 Å². The second-order valence-electron chi connectivity index (χ2n) is 6.33. The molecule has 0 saturated carbocycles. The number of rotatable bonds is 6. The lowest BCUT2D eigenvalue weighted by Crippen LogP contribution is -2.20. The Hall–Kier alpha value is -3.67. The molecule has 6 heteroatoms. The number of anilines is 1. The van der Waals surface area contributed by atoms with Crippen molar-refractivity contribution in [2.45, 2.75) is 19.3 Å². The van der Waals surface area contributed by atoms with Crippen LogP contribution in [0.2, 0.25) is 0 Å². The molecule has 6 nitrogen and oxygen atoms in total. The Labute approximate surface area is 162 Å². The first-order chi connectivity index (χ1) is 13.7. The van der Waals surface area contributed by atoms with Gasteiger partial charge in [0.2, 0.25) is 11.8 Å². The Balaban J connectivity index is 1.53. The predicted molar refractivity (Wildman–Crippen MR) is 106 cm³/mol. The normalized spacial score (nSPS) is 11.9. The highest BCUT2D eigenvalue weighted by atomic mass is 16.4. The summed E-state index contributed by atoms with van der Waals surface area (Å²) in [5.74, 6) is 0.922. The summed E-state index contributed by atoms with van der Waals surface area (Å²) in [4.78, 5) is 12.8. The minimum atomic E-state index is -0.209. The molecule has 1 atom stereocenters. The number of nitrogens with zero attached hydrogens (tertiary/aromatic N) is 2. The molecule has 0 saturated heterocycles. The third-order valence-electron chi connectivity index (χ3n) is 4.46. The van der Waals surface area contributed by atoms with Gasteiger partial charge in [0.05, 0.1) is 12.2 Å². The van der Waals surface area contributed by atoms with Gasteiger partial charge >= 0.3 is 0 Å². The van der Waals surface area contributed by atoms with Gasteiger partial charge in [0.15, 0.2) is 5.76 Å². The SMILES string of the molecule is CCC(C(=O)Nc1cccc(-c2nnc(-c3ccco3)o2)c1)c1ccccc1. The summed E-state index contributed by atoms with van der Waals surface area (Å²) in [5, 5.41) is 11.1. The van der Waals surface area contributed by atoms with Crippen LogP contribution >= 0.6 is 0 Å². The van der Waals surface area contributed by atoms with Crippen LogP contribution < -0.4 is 5.32 Å². The van der Waals surface area contributed by atoms with Gasteiger partial charge in [0.1, 0.15) is 0 Å². The van der Waals surface area contributed by atoms with Crippen molar-refractivity contribution < 1.29 is 13.6 Å². The molecule has 28 heavy (non-hydrogen) atoms. The largest absolute Gasteiger partial charge is 0.459 e. The van der Waals surface area contributed by atoms with E-state index in [1.165, 1.54) is 0 Å². The van der Waals surface area contributed by atoms with E-state index >= 15 is 0 Å². The molecule has 2 heterocycles. The van der Waals surface area contributed by atoms with Gasteiger partial charge in [-0.2, -0.15) is 0 Å². The van der Waals surface area contributed by atoms with Crippen LogP contribution in [0.5, 0.6) is 0 Å². The topological polar surface area (TPSA) is 81.2 Å². The first-order valence-electron chi connectivity index (χ1n) is 9.08. The van der Waals surface area contributed by atoms with Gasteiger partial charge in [-0.15, -0.1) is 10.2 Å². The molecule has 4 aromatic rings. The Bertz CT molecular complexity index is 1060. The van der Waals surface area contributed by atoms with Crippen molar-refractivity contribution in [3.63, 3.8) is 0 Å². The maximum atomic E-state index is 12.8. The third-order valence-corrected chi connectivity index (χ3v) is 4.46. The third kappa shape index (κ3) is 3.71. The molecule has 140 valence electrons. The number of hydrogen-bond donors (Lipinski definition) is 1.